The number of phosphoric ester groups is 2. The average Bonchev–Trinajstić information content (AvgIpc) is 3.67. The number of ether oxygens (including phenoxy) is 4. The minimum Gasteiger partial charge on any atom is -0.462 e. The number of esters is 4. The summed E-state index contributed by atoms with van der Waals surface area (Å²) >= 11 is 0. The van der Waals surface area contributed by atoms with Gasteiger partial charge in [0.1, 0.15) is 19.3 Å². The standard InChI is InChI=1S/C67H130O17P2/c1-6-9-12-15-18-20-26-31-36-41-46-51-65(70)78-57-63(84-67(72)53-48-43-38-33-29-25-23-22-24-28-30-35-39-44-49-60(4)5)59-82-86(75,76)80-55-61(68)54-79-85(73,74)81-58-62(56-77-64(69)50-45-40-34-17-14-11-8-3)83-66(71)52-47-42-37-32-27-21-19-16-13-10-7-2/h60-63,68H,6-59H2,1-5H3,(H,73,74)(H,75,76)/t61-,62+,63+/m0/s1. The highest BCUT2D eigenvalue weighted by Crippen LogP contribution is 2.45. The molecule has 19 heteroatoms. The van der Waals surface area contributed by atoms with Crippen LogP contribution in [0.15, 0.2) is 0 Å². The van der Waals surface area contributed by atoms with Gasteiger partial charge in [-0.05, 0) is 31.6 Å². The monoisotopic (exact) mass is 1270 g/mol. The molecule has 0 aromatic carbocycles. The SMILES string of the molecule is CCCCCCCCCCCCCC(=O)OC[C@H](COP(=O)(O)OC[C@@H](O)COP(=O)(O)OC[C@@H](COC(=O)CCCCCCCCC)OC(=O)CCCCCCCCCCCCC)OC(=O)CCCCCCCCCCCCCCCCC(C)C. The lowest BCUT2D eigenvalue weighted by molar-refractivity contribution is -0.161. The van der Waals surface area contributed by atoms with E-state index in [1.807, 2.05) is 0 Å². The van der Waals surface area contributed by atoms with E-state index in [0.717, 1.165) is 109 Å². The van der Waals surface area contributed by atoms with Crippen LogP contribution >= 0.6 is 15.6 Å². The molecule has 0 saturated heterocycles. The van der Waals surface area contributed by atoms with E-state index < -0.39 is 97.5 Å². The minimum absolute atomic E-state index is 0.107. The molecule has 510 valence electrons. The number of carbonyl (C=O) groups excluding carboxylic acids is 4. The van der Waals surface area contributed by atoms with Gasteiger partial charge in [-0.2, -0.15) is 0 Å². The van der Waals surface area contributed by atoms with Gasteiger partial charge in [-0.15, -0.1) is 0 Å². The van der Waals surface area contributed by atoms with E-state index in [2.05, 4.69) is 34.6 Å². The number of hydrogen-bond donors (Lipinski definition) is 3. The largest absolute Gasteiger partial charge is 0.472 e. The number of carbonyl (C=O) groups is 4. The van der Waals surface area contributed by atoms with E-state index in [-0.39, 0.29) is 25.7 Å². The van der Waals surface area contributed by atoms with Gasteiger partial charge in [0, 0.05) is 25.7 Å². The van der Waals surface area contributed by atoms with E-state index in [1.165, 1.54) is 154 Å². The van der Waals surface area contributed by atoms with Gasteiger partial charge in [-0.3, -0.25) is 37.3 Å². The van der Waals surface area contributed by atoms with Crippen LogP contribution in [-0.4, -0.2) is 96.7 Å². The molecule has 0 radical (unpaired) electrons. The maximum atomic E-state index is 13.0. The molecule has 0 aromatic rings. The quantitative estimate of drug-likeness (QED) is 0.0222. The first-order chi connectivity index (χ1) is 41.5. The second kappa shape index (κ2) is 60.6. The lowest BCUT2D eigenvalue weighted by atomic mass is 10.0. The Bertz CT molecular complexity index is 1670. The normalized spacial score (nSPS) is 14.2. The molecule has 0 rings (SSSR count). The van der Waals surface area contributed by atoms with E-state index >= 15 is 0 Å². The molecule has 86 heavy (non-hydrogen) atoms. The summed E-state index contributed by atoms with van der Waals surface area (Å²) in [5, 5.41) is 10.5. The molecule has 0 saturated carbocycles. The van der Waals surface area contributed by atoms with E-state index in [9.17, 15) is 43.2 Å². The van der Waals surface area contributed by atoms with E-state index in [1.54, 1.807) is 0 Å². The van der Waals surface area contributed by atoms with E-state index in [0.29, 0.717) is 25.7 Å². The molecule has 0 spiro atoms. The molecule has 0 aliphatic heterocycles. The number of rotatable bonds is 67. The molecule has 0 heterocycles. The van der Waals surface area contributed by atoms with Gasteiger partial charge in [0.15, 0.2) is 12.2 Å². The highest BCUT2D eigenvalue weighted by molar-refractivity contribution is 7.47. The number of aliphatic hydroxyl groups excluding tert-OH is 1. The van der Waals surface area contributed by atoms with Crippen molar-refractivity contribution in [3.63, 3.8) is 0 Å². The smallest absolute Gasteiger partial charge is 0.462 e. The third kappa shape index (κ3) is 60.9. The summed E-state index contributed by atoms with van der Waals surface area (Å²) in [6.45, 7) is 7.20. The first-order valence-corrected chi connectivity index (χ1v) is 38.1. The molecule has 0 amide bonds. The molecule has 0 bridgehead atoms. The van der Waals surface area contributed by atoms with Gasteiger partial charge in [-0.25, -0.2) is 9.13 Å². The van der Waals surface area contributed by atoms with Crippen molar-refractivity contribution in [3.05, 3.63) is 0 Å². The third-order valence-electron chi connectivity index (χ3n) is 15.5. The van der Waals surface area contributed by atoms with Gasteiger partial charge in [0.25, 0.3) is 0 Å². The Morgan fingerprint density at radius 1 is 0.314 bits per heavy atom. The van der Waals surface area contributed by atoms with Gasteiger partial charge >= 0.3 is 39.5 Å². The van der Waals surface area contributed by atoms with E-state index in [4.69, 9.17) is 37.0 Å². The molecule has 0 aliphatic rings. The number of unbranched alkanes of at least 4 members (excludes halogenated alkanes) is 39. The second-order valence-electron chi connectivity index (χ2n) is 24.7. The van der Waals surface area contributed by atoms with Gasteiger partial charge < -0.3 is 33.8 Å². The molecule has 2 unspecified atom stereocenters. The molecular weight excluding hydrogens is 1140 g/mol. The Morgan fingerprint density at radius 2 is 0.535 bits per heavy atom. The molecule has 17 nitrogen and oxygen atoms in total. The first kappa shape index (κ1) is 84.1. The van der Waals surface area contributed by atoms with Crippen molar-refractivity contribution in [1.29, 1.82) is 0 Å². The Labute approximate surface area is 524 Å². The fourth-order valence-corrected chi connectivity index (χ4v) is 11.7. The van der Waals surface area contributed by atoms with Crippen molar-refractivity contribution in [2.24, 2.45) is 5.92 Å². The van der Waals surface area contributed by atoms with Crippen LogP contribution in [0.4, 0.5) is 0 Å². The van der Waals surface area contributed by atoms with Crippen molar-refractivity contribution in [3.8, 4) is 0 Å². The Kier molecular flexibility index (Phi) is 59.2. The topological polar surface area (TPSA) is 237 Å². The summed E-state index contributed by atoms with van der Waals surface area (Å²) in [5.41, 5.74) is 0. The van der Waals surface area contributed by atoms with Crippen LogP contribution in [0.25, 0.3) is 0 Å². The summed E-state index contributed by atoms with van der Waals surface area (Å²) in [7, 11) is -9.89. The summed E-state index contributed by atoms with van der Waals surface area (Å²) in [6, 6.07) is 0. The predicted octanol–water partition coefficient (Wildman–Crippen LogP) is 19.0. The lowest BCUT2D eigenvalue weighted by Gasteiger charge is -2.21. The predicted molar refractivity (Wildman–Crippen MR) is 345 cm³/mol. The lowest BCUT2D eigenvalue weighted by Crippen LogP contribution is -2.30. The van der Waals surface area contributed by atoms with Gasteiger partial charge in [-0.1, -0.05) is 291 Å². The second-order valence-corrected chi connectivity index (χ2v) is 27.6. The molecule has 0 aromatic heterocycles. The fraction of sp³-hybridized carbons (Fsp3) is 0.940. The van der Waals surface area contributed by atoms with Crippen LogP contribution in [0.5, 0.6) is 0 Å². The number of phosphoric acid groups is 2. The van der Waals surface area contributed by atoms with Crippen molar-refractivity contribution >= 4 is 39.5 Å². The summed E-state index contributed by atoms with van der Waals surface area (Å²) in [4.78, 5) is 72.2. The van der Waals surface area contributed by atoms with Crippen molar-refractivity contribution in [2.45, 2.75) is 361 Å². The number of hydrogen-bond acceptors (Lipinski definition) is 15. The number of aliphatic hydroxyl groups is 1. The zero-order chi connectivity index (χ0) is 63.5. The minimum atomic E-state index is -4.95. The summed E-state index contributed by atoms with van der Waals surface area (Å²) in [5.74, 6) is -1.34. The van der Waals surface area contributed by atoms with Crippen molar-refractivity contribution in [1.82, 2.24) is 0 Å². The molecule has 0 fully saturated rings. The summed E-state index contributed by atoms with van der Waals surface area (Å²) < 4.78 is 68.0. The van der Waals surface area contributed by atoms with Crippen molar-refractivity contribution in [2.75, 3.05) is 39.6 Å². The van der Waals surface area contributed by atoms with Crippen LogP contribution in [0.2, 0.25) is 0 Å². The zero-order valence-corrected chi connectivity index (χ0v) is 57.2. The molecular formula is C67H130O17P2. The van der Waals surface area contributed by atoms with Gasteiger partial charge in [0.05, 0.1) is 26.4 Å². The first-order valence-electron chi connectivity index (χ1n) is 35.1. The summed E-state index contributed by atoms with van der Waals surface area (Å²) in [6.07, 6.45) is 45.8. The molecule has 0 aliphatic carbocycles. The maximum Gasteiger partial charge on any atom is 0.472 e. The van der Waals surface area contributed by atoms with Crippen LogP contribution in [0, 0.1) is 5.92 Å². The van der Waals surface area contributed by atoms with Crippen LogP contribution in [-0.2, 0) is 65.4 Å². The third-order valence-corrected chi connectivity index (χ3v) is 17.4. The highest BCUT2D eigenvalue weighted by Gasteiger charge is 2.30. The van der Waals surface area contributed by atoms with Crippen LogP contribution in [0.1, 0.15) is 343 Å². The highest BCUT2D eigenvalue weighted by atomic mass is 31.2. The van der Waals surface area contributed by atoms with Crippen molar-refractivity contribution < 1.29 is 80.2 Å². The maximum absolute atomic E-state index is 13.0. The molecule has 5 atom stereocenters. The van der Waals surface area contributed by atoms with Crippen LogP contribution < -0.4 is 0 Å². The zero-order valence-electron chi connectivity index (χ0n) is 55.4. The average molecular weight is 1270 g/mol. The Balaban J connectivity index is 5.19. The Hall–Kier alpha value is -1.94. The molecule has 3 N–H and O–H groups in total. The van der Waals surface area contributed by atoms with Crippen LogP contribution in [0.3, 0.4) is 0 Å². The Morgan fingerprint density at radius 3 is 0.791 bits per heavy atom. The fourth-order valence-electron chi connectivity index (χ4n) is 10.1. The van der Waals surface area contributed by atoms with Gasteiger partial charge in [0.2, 0.25) is 0 Å².